The Kier molecular flexibility index (Phi) is 3.46. The fourth-order valence-electron chi connectivity index (χ4n) is 1.38. The summed E-state index contributed by atoms with van der Waals surface area (Å²) in [7, 11) is 0. The molecule has 5 N–H and O–H groups in total. The molecule has 0 saturated heterocycles. The number of hydrogen-bond acceptors (Lipinski definition) is 6. The minimum Gasteiger partial charge on any atom is -0.382 e. The zero-order valence-electron chi connectivity index (χ0n) is 9.10. The van der Waals surface area contributed by atoms with Gasteiger partial charge in [-0.05, 0) is 5.16 Å². The summed E-state index contributed by atoms with van der Waals surface area (Å²) in [5, 5.41) is 17.7. The molecule has 0 fully saturated rings. The van der Waals surface area contributed by atoms with Gasteiger partial charge in [0, 0.05) is 31.4 Å². The maximum absolute atomic E-state index is 7.26. The van der Waals surface area contributed by atoms with Crippen LogP contribution in [-0.2, 0) is 13.0 Å². The smallest absolute Gasteiger partial charge is 0.173 e. The Morgan fingerprint density at radius 1 is 1.53 bits per heavy atom. The zero-order chi connectivity index (χ0) is 12.1. The van der Waals surface area contributed by atoms with Crippen molar-refractivity contribution < 1.29 is 4.63 Å². The van der Waals surface area contributed by atoms with Crippen LogP contribution in [0.3, 0.4) is 0 Å². The number of nitrogens with zero attached hydrogens (tertiary/aromatic N) is 3. The fourth-order valence-corrected chi connectivity index (χ4v) is 1.38. The van der Waals surface area contributed by atoms with E-state index < -0.39 is 0 Å². The number of nitrogens with two attached hydrogens (primary N) is 1. The molecular weight excluding hydrogens is 222 g/mol. The number of hydrogen-bond donors (Lipinski definition) is 4. The van der Waals surface area contributed by atoms with E-state index in [0.717, 1.165) is 18.7 Å². The van der Waals surface area contributed by atoms with Crippen molar-refractivity contribution in [3.63, 3.8) is 0 Å². The van der Waals surface area contributed by atoms with Crippen molar-refractivity contribution in [1.82, 2.24) is 25.6 Å². The van der Waals surface area contributed by atoms with Crippen LogP contribution in [0.4, 0.5) is 0 Å². The highest BCUT2D eigenvalue weighted by Crippen LogP contribution is 2.01. The molecule has 17 heavy (non-hydrogen) atoms. The molecular formula is C9H13N7O. The molecule has 0 radical (unpaired) electrons. The van der Waals surface area contributed by atoms with Crippen LogP contribution >= 0.6 is 0 Å². The minimum absolute atomic E-state index is 0.142. The van der Waals surface area contributed by atoms with Crippen LogP contribution in [0.5, 0.6) is 0 Å². The summed E-state index contributed by atoms with van der Waals surface area (Å²) in [6.45, 7) is 1.22. The van der Waals surface area contributed by atoms with E-state index in [1.165, 1.54) is 0 Å². The predicted molar refractivity (Wildman–Crippen MR) is 59.3 cm³/mol. The van der Waals surface area contributed by atoms with E-state index in [9.17, 15) is 0 Å². The average Bonchev–Trinajstić information content (AvgIpc) is 2.95. The topological polar surface area (TPSA) is 130 Å². The second kappa shape index (κ2) is 5.21. The van der Waals surface area contributed by atoms with E-state index in [4.69, 9.17) is 11.1 Å². The number of H-pyrrole nitrogens is 1. The van der Waals surface area contributed by atoms with Crippen molar-refractivity contribution in [2.24, 2.45) is 5.73 Å². The van der Waals surface area contributed by atoms with Gasteiger partial charge in [-0.3, -0.25) is 5.41 Å². The molecule has 0 spiro atoms. The van der Waals surface area contributed by atoms with Crippen molar-refractivity contribution in [3.8, 4) is 0 Å². The van der Waals surface area contributed by atoms with Crippen LogP contribution in [0.1, 0.15) is 17.1 Å². The number of aromatic amines is 1. The Balaban J connectivity index is 1.78. The highest BCUT2D eigenvalue weighted by atomic mass is 16.6. The molecule has 90 valence electrons. The first-order chi connectivity index (χ1) is 8.27. The Labute approximate surface area is 97.1 Å². The first-order valence-corrected chi connectivity index (χ1v) is 5.11. The lowest BCUT2D eigenvalue weighted by Gasteiger charge is -2.01. The first-order valence-electron chi connectivity index (χ1n) is 5.11. The van der Waals surface area contributed by atoms with Crippen LogP contribution in [0, 0.1) is 5.41 Å². The normalized spacial score (nSPS) is 10.6. The minimum atomic E-state index is -0.142. The van der Waals surface area contributed by atoms with E-state index >= 15 is 0 Å². The summed E-state index contributed by atoms with van der Waals surface area (Å²) in [5.41, 5.74) is 7.21. The third kappa shape index (κ3) is 2.88. The van der Waals surface area contributed by atoms with E-state index in [2.05, 4.69) is 30.2 Å². The van der Waals surface area contributed by atoms with E-state index in [-0.39, 0.29) is 5.84 Å². The molecule has 8 heteroatoms. The van der Waals surface area contributed by atoms with E-state index in [0.29, 0.717) is 17.9 Å². The standard InChI is InChI=1S/C9H13N7O/c10-9(11)8-7(15-17-16-8)4-12-2-1-6-3-13-5-14-6/h3,5,12H,1-2,4H2,(H3,10,11)(H,13,14). The van der Waals surface area contributed by atoms with Crippen molar-refractivity contribution in [2.45, 2.75) is 13.0 Å². The summed E-state index contributed by atoms with van der Waals surface area (Å²) in [6, 6.07) is 0. The number of rotatable bonds is 6. The maximum atomic E-state index is 7.26. The molecule has 2 aromatic rings. The van der Waals surface area contributed by atoms with Gasteiger partial charge in [0.2, 0.25) is 0 Å². The largest absolute Gasteiger partial charge is 0.382 e. The van der Waals surface area contributed by atoms with Crippen LogP contribution in [0.2, 0.25) is 0 Å². The Morgan fingerprint density at radius 2 is 2.41 bits per heavy atom. The van der Waals surface area contributed by atoms with Crippen LogP contribution in [-0.4, -0.2) is 32.7 Å². The van der Waals surface area contributed by atoms with Crippen molar-refractivity contribution >= 4 is 5.84 Å². The van der Waals surface area contributed by atoms with E-state index in [1.54, 1.807) is 12.5 Å². The molecule has 0 bridgehead atoms. The van der Waals surface area contributed by atoms with Gasteiger partial charge >= 0.3 is 0 Å². The van der Waals surface area contributed by atoms with Crippen LogP contribution in [0.15, 0.2) is 17.2 Å². The van der Waals surface area contributed by atoms with Crippen molar-refractivity contribution in [3.05, 3.63) is 29.6 Å². The second-order valence-corrected chi connectivity index (χ2v) is 3.48. The molecule has 0 unspecified atom stereocenters. The molecule has 8 nitrogen and oxygen atoms in total. The summed E-state index contributed by atoms with van der Waals surface area (Å²) >= 11 is 0. The molecule has 0 aliphatic carbocycles. The molecule has 0 aliphatic heterocycles. The van der Waals surface area contributed by atoms with Crippen LogP contribution < -0.4 is 11.1 Å². The monoisotopic (exact) mass is 235 g/mol. The lowest BCUT2D eigenvalue weighted by molar-refractivity contribution is 0.301. The Bertz CT molecular complexity index is 475. The Morgan fingerprint density at radius 3 is 3.12 bits per heavy atom. The van der Waals surface area contributed by atoms with Crippen LogP contribution in [0.25, 0.3) is 0 Å². The van der Waals surface area contributed by atoms with Gasteiger partial charge in [-0.25, -0.2) is 9.61 Å². The number of nitrogens with one attached hydrogen (secondary N) is 3. The molecule has 2 heterocycles. The quantitative estimate of drug-likeness (QED) is 0.301. The zero-order valence-corrected chi connectivity index (χ0v) is 9.10. The van der Waals surface area contributed by atoms with Crippen molar-refractivity contribution in [1.29, 1.82) is 5.41 Å². The first kappa shape index (κ1) is 11.3. The number of aromatic nitrogens is 4. The average molecular weight is 235 g/mol. The highest BCUT2D eigenvalue weighted by molar-refractivity contribution is 5.93. The molecule has 0 atom stereocenters. The molecule has 0 aromatic carbocycles. The van der Waals surface area contributed by atoms with Gasteiger partial charge in [0.25, 0.3) is 0 Å². The lowest BCUT2D eigenvalue weighted by Crippen LogP contribution is -2.21. The third-order valence-corrected chi connectivity index (χ3v) is 2.23. The number of imidazole rings is 1. The molecule has 2 rings (SSSR count). The number of amidine groups is 1. The molecule has 0 aliphatic rings. The van der Waals surface area contributed by atoms with Gasteiger partial charge in [-0.2, -0.15) is 0 Å². The molecule has 0 saturated carbocycles. The molecule has 2 aromatic heterocycles. The van der Waals surface area contributed by atoms with Gasteiger partial charge in [-0.15, -0.1) is 0 Å². The predicted octanol–water partition coefficient (Wildman–Crippen LogP) is -0.591. The van der Waals surface area contributed by atoms with Gasteiger partial charge in [0.05, 0.1) is 6.33 Å². The maximum Gasteiger partial charge on any atom is 0.173 e. The molecule has 0 amide bonds. The summed E-state index contributed by atoms with van der Waals surface area (Å²) in [6.07, 6.45) is 4.26. The van der Waals surface area contributed by atoms with Gasteiger partial charge in [0.1, 0.15) is 11.5 Å². The summed E-state index contributed by atoms with van der Waals surface area (Å²) in [5.74, 6) is -0.142. The third-order valence-electron chi connectivity index (χ3n) is 2.23. The number of nitrogen functional groups attached to an aromatic ring is 1. The summed E-state index contributed by atoms with van der Waals surface area (Å²) < 4.78 is 4.53. The van der Waals surface area contributed by atoms with Gasteiger partial charge in [-0.1, -0.05) is 5.16 Å². The highest BCUT2D eigenvalue weighted by Gasteiger charge is 2.11. The Hall–Kier alpha value is -2.22. The van der Waals surface area contributed by atoms with E-state index in [1.807, 2.05) is 0 Å². The van der Waals surface area contributed by atoms with Gasteiger partial charge in [0.15, 0.2) is 5.69 Å². The SMILES string of the molecule is N=C(N)c1nonc1CNCCc1cnc[nH]1. The summed E-state index contributed by atoms with van der Waals surface area (Å²) in [4.78, 5) is 6.93. The second-order valence-electron chi connectivity index (χ2n) is 3.48. The lowest BCUT2D eigenvalue weighted by atomic mass is 10.3. The fraction of sp³-hybridized carbons (Fsp3) is 0.333. The van der Waals surface area contributed by atoms with Gasteiger partial charge < -0.3 is 16.0 Å². The van der Waals surface area contributed by atoms with Crippen molar-refractivity contribution in [2.75, 3.05) is 6.54 Å².